The van der Waals surface area contributed by atoms with Gasteiger partial charge >= 0.3 is 0 Å². The Labute approximate surface area is 96.7 Å². The average molecular weight is 267 g/mol. The van der Waals surface area contributed by atoms with E-state index in [2.05, 4.69) is 15.9 Å². The van der Waals surface area contributed by atoms with Gasteiger partial charge in [0.15, 0.2) is 0 Å². The Balaban J connectivity index is 2.41. The van der Waals surface area contributed by atoms with Crippen LogP contribution in [0.5, 0.6) is 5.75 Å². The highest BCUT2D eigenvalue weighted by atomic mass is 79.9. The van der Waals surface area contributed by atoms with E-state index in [1.54, 1.807) is 30.3 Å². The van der Waals surface area contributed by atoms with Crippen LogP contribution in [0.1, 0.15) is 5.56 Å². The second-order valence-corrected chi connectivity index (χ2v) is 4.50. The molecule has 0 heterocycles. The number of phenols is 1. The van der Waals surface area contributed by atoms with Crippen molar-refractivity contribution < 1.29 is 10.2 Å². The minimum atomic E-state index is -1.04. The number of hydrogen-bond donors (Lipinski definition) is 2. The predicted octanol–water partition coefficient (Wildman–Crippen LogP) is 2.47. The first-order valence-corrected chi connectivity index (χ1v) is 5.56. The van der Waals surface area contributed by atoms with Crippen LogP contribution in [-0.4, -0.2) is 15.0 Å². The molecule has 0 saturated heterocycles. The van der Waals surface area contributed by atoms with Crippen molar-refractivity contribution in [2.75, 3.05) is 0 Å². The third-order valence-electron chi connectivity index (χ3n) is 2.49. The molecule has 78 valence electrons. The van der Waals surface area contributed by atoms with E-state index in [-0.39, 0.29) is 10.6 Å². The molecule has 15 heavy (non-hydrogen) atoms. The molecule has 0 fully saturated rings. The summed E-state index contributed by atoms with van der Waals surface area (Å²) in [5, 5.41) is 19.6. The summed E-state index contributed by atoms with van der Waals surface area (Å²) in [5.74, 6) is 0.198. The zero-order valence-corrected chi connectivity index (χ0v) is 9.55. The summed E-state index contributed by atoms with van der Waals surface area (Å²) in [6.07, 6.45) is 7.31. The first-order valence-electron chi connectivity index (χ1n) is 4.65. The second-order valence-electron chi connectivity index (χ2n) is 3.52. The van der Waals surface area contributed by atoms with Crippen LogP contribution in [0.15, 0.2) is 48.6 Å². The van der Waals surface area contributed by atoms with Crippen LogP contribution < -0.4 is 0 Å². The fourth-order valence-electron chi connectivity index (χ4n) is 1.59. The fourth-order valence-corrected chi connectivity index (χ4v) is 2.18. The molecule has 0 saturated carbocycles. The normalized spacial score (nSPS) is 29.3. The number of phenolic OH excluding ortho intramolecular Hbond substituents is 1. The van der Waals surface area contributed by atoms with E-state index < -0.39 is 5.60 Å². The first-order chi connectivity index (χ1) is 7.13. The topological polar surface area (TPSA) is 40.5 Å². The van der Waals surface area contributed by atoms with Gasteiger partial charge in [-0.05, 0) is 23.8 Å². The molecule has 0 aromatic heterocycles. The van der Waals surface area contributed by atoms with E-state index in [4.69, 9.17) is 0 Å². The number of rotatable bonds is 1. The predicted molar refractivity (Wildman–Crippen MR) is 63.0 cm³/mol. The number of benzene rings is 1. The van der Waals surface area contributed by atoms with Gasteiger partial charge in [0.25, 0.3) is 0 Å². The smallest absolute Gasteiger partial charge is 0.124 e. The Hall–Kier alpha value is -1.06. The van der Waals surface area contributed by atoms with Crippen LogP contribution in [-0.2, 0) is 5.60 Å². The highest BCUT2D eigenvalue weighted by molar-refractivity contribution is 9.09. The lowest BCUT2D eigenvalue weighted by molar-refractivity contribution is 0.0989. The summed E-state index contributed by atoms with van der Waals surface area (Å²) in [6.45, 7) is 0. The fraction of sp³-hybridized carbons (Fsp3) is 0.167. The van der Waals surface area contributed by atoms with Gasteiger partial charge in [-0.15, -0.1) is 0 Å². The zero-order valence-electron chi connectivity index (χ0n) is 7.97. The molecular formula is C12H11BrO2. The highest BCUT2D eigenvalue weighted by Crippen LogP contribution is 2.35. The summed E-state index contributed by atoms with van der Waals surface area (Å²) in [5.41, 5.74) is -0.287. The first kappa shape index (κ1) is 10.5. The molecule has 3 heteroatoms. The van der Waals surface area contributed by atoms with E-state index in [9.17, 15) is 10.2 Å². The SMILES string of the molecule is Oc1ccc(C2(O)C=CC=CC2Br)cc1. The molecule has 2 unspecified atom stereocenters. The summed E-state index contributed by atoms with van der Waals surface area (Å²) >= 11 is 3.42. The van der Waals surface area contributed by atoms with Gasteiger partial charge in [0, 0.05) is 0 Å². The molecule has 2 atom stereocenters. The van der Waals surface area contributed by atoms with E-state index in [1.807, 2.05) is 18.2 Å². The third kappa shape index (κ3) is 1.85. The van der Waals surface area contributed by atoms with Gasteiger partial charge in [0.05, 0.1) is 4.83 Å². The van der Waals surface area contributed by atoms with Crippen molar-refractivity contribution >= 4 is 15.9 Å². The van der Waals surface area contributed by atoms with Crippen LogP contribution in [0.4, 0.5) is 0 Å². The molecule has 1 aromatic carbocycles. The van der Waals surface area contributed by atoms with Gasteiger partial charge < -0.3 is 10.2 Å². The molecule has 2 rings (SSSR count). The molecule has 0 radical (unpaired) electrons. The molecule has 2 N–H and O–H groups in total. The second kappa shape index (κ2) is 3.83. The zero-order chi connectivity index (χ0) is 10.9. The third-order valence-corrected chi connectivity index (χ3v) is 3.49. The molecule has 2 nitrogen and oxygen atoms in total. The van der Waals surface area contributed by atoms with Crippen molar-refractivity contribution in [2.45, 2.75) is 10.4 Å². The lowest BCUT2D eigenvalue weighted by Crippen LogP contribution is -2.33. The van der Waals surface area contributed by atoms with Crippen LogP contribution in [0.2, 0.25) is 0 Å². The van der Waals surface area contributed by atoms with E-state index in [0.717, 1.165) is 5.56 Å². The van der Waals surface area contributed by atoms with E-state index >= 15 is 0 Å². The molecule has 0 aliphatic heterocycles. The number of halogens is 1. The van der Waals surface area contributed by atoms with Crippen molar-refractivity contribution in [1.29, 1.82) is 0 Å². The molecule has 1 aromatic rings. The minimum Gasteiger partial charge on any atom is -0.508 e. The van der Waals surface area contributed by atoms with Crippen LogP contribution in [0, 0.1) is 0 Å². The number of hydrogen-bond acceptors (Lipinski definition) is 2. The average Bonchev–Trinajstić information content (AvgIpc) is 2.23. The monoisotopic (exact) mass is 266 g/mol. The standard InChI is InChI=1S/C12H11BrO2/c13-11-3-1-2-8-12(11,15)9-4-6-10(14)7-5-9/h1-8,11,14-15H. The quantitative estimate of drug-likeness (QED) is 0.767. The Kier molecular flexibility index (Phi) is 2.67. The molecule has 1 aliphatic carbocycles. The summed E-state index contributed by atoms with van der Waals surface area (Å²) < 4.78 is 0. The number of allylic oxidation sites excluding steroid dienone is 2. The number of aliphatic hydroxyl groups is 1. The van der Waals surface area contributed by atoms with Crippen molar-refractivity contribution in [3.05, 3.63) is 54.1 Å². The van der Waals surface area contributed by atoms with Crippen molar-refractivity contribution in [1.82, 2.24) is 0 Å². The maximum Gasteiger partial charge on any atom is 0.124 e. The Morgan fingerprint density at radius 2 is 1.80 bits per heavy atom. The van der Waals surface area contributed by atoms with Crippen molar-refractivity contribution in [2.24, 2.45) is 0 Å². The molecular weight excluding hydrogens is 256 g/mol. The number of alkyl halides is 1. The lowest BCUT2D eigenvalue weighted by atomic mass is 9.87. The molecule has 0 amide bonds. The molecule has 0 bridgehead atoms. The van der Waals surface area contributed by atoms with Crippen molar-refractivity contribution in [3.63, 3.8) is 0 Å². The minimum absolute atomic E-state index is 0.153. The number of aromatic hydroxyl groups is 1. The Morgan fingerprint density at radius 3 is 2.40 bits per heavy atom. The Morgan fingerprint density at radius 1 is 1.13 bits per heavy atom. The van der Waals surface area contributed by atoms with Crippen LogP contribution >= 0.6 is 15.9 Å². The molecule has 1 aliphatic rings. The summed E-state index contributed by atoms with van der Waals surface area (Å²) in [6, 6.07) is 6.57. The maximum atomic E-state index is 10.4. The van der Waals surface area contributed by atoms with Crippen LogP contribution in [0.3, 0.4) is 0 Å². The van der Waals surface area contributed by atoms with Crippen molar-refractivity contribution in [3.8, 4) is 5.75 Å². The highest BCUT2D eigenvalue weighted by Gasteiger charge is 2.33. The summed E-state index contributed by atoms with van der Waals surface area (Å²) in [4.78, 5) is -0.153. The lowest BCUT2D eigenvalue weighted by Gasteiger charge is -2.30. The largest absolute Gasteiger partial charge is 0.508 e. The maximum absolute atomic E-state index is 10.4. The van der Waals surface area contributed by atoms with Gasteiger partial charge in [-0.3, -0.25) is 0 Å². The van der Waals surface area contributed by atoms with Gasteiger partial charge in [-0.2, -0.15) is 0 Å². The van der Waals surface area contributed by atoms with Crippen LogP contribution in [0.25, 0.3) is 0 Å². The van der Waals surface area contributed by atoms with Gasteiger partial charge in [-0.25, -0.2) is 0 Å². The summed E-state index contributed by atoms with van der Waals surface area (Å²) in [7, 11) is 0. The van der Waals surface area contributed by atoms with E-state index in [1.165, 1.54) is 0 Å². The van der Waals surface area contributed by atoms with E-state index in [0.29, 0.717) is 0 Å². The molecule has 0 spiro atoms. The van der Waals surface area contributed by atoms with Gasteiger partial charge in [-0.1, -0.05) is 46.3 Å². The van der Waals surface area contributed by atoms with Gasteiger partial charge in [0.2, 0.25) is 0 Å². The Bertz CT molecular complexity index is 408. The van der Waals surface area contributed by atoms with Gasteiger partial charge in [0.1, 0.15) is 11.4 Å².